The number of nitrogens with zero attached hydrogens (tertiary/aromatic N) is 1. The third-order valence-electron chi connectivity index (χ3n) is 2.39. The molecule has 0 bridgehead atoms. The highest BCUT2D eigenvalue weighted by molar-refractivity contribution is 7.99. The minimum absolute atomic E-state index is 0.0516. The molecule has 4 nitrogen and oxygen atoms in total. The van der Waals surface area contributed by atoms with Crippen LogP contribution in [0.15, 0.2) is 18.5 Å². The van der Waals surface area contributed by atoms with Crippen LogP contribution in [0.1, 0.15) is 24.2 Å². The Hall–Kier alpha value is -1.23. The molecule has 0 saturated carbocycles. The molecule has 1 heterocycles. The van der Waals surface area contributed by atoms with Crippen molar-refractivity contribution in [3.05, 3.63) is 24.0 Å². The average molecular weight is 253 g/mol. The second-order valence-corrected chi connectivity index (χ2v) is 4.98. The summed E-state index contributed by atoms with van der Waals surface area (Å²) in [5, 5.41) is 6.47. The predicted octanol–water partition coefficient (Wildman–Crippen LogP) is 1.99. The van der Waals surface area contributed by atoms with Gasteiger partial charge in [0.15, 0.2) is 0 Å². The summed E-state index contributed by atoms with van der Waals surface area (Å²) in [4.78, 5) is 16.0. The van der Waals surface area contributed by atoms with E-state index >= 15 is 0 Å². The standard InChI is InChI=1S/C12H19N3OS/c1-4-14-11-8-13-6-5-10(11)12(16)15-7-9(2)17-3/h5-6,8-9,14H,4,7H2,1-3H3,(H,15,16). The number of amides is 1. The van der Waals surface area contributed by atoms with Crippen molar-refractivity contribution in [3.8, 4) is 0 Å². The van der Waals surface area contributed by atoms with E-state index in [9.17, 15) is 4.79 Å². The van der Waals surface area contributed by atoms with Crippen molar-refractivity contribution in [1.82, 2.24) is 10.3 Å². The van der Waals surface area contributed by atoms with E-state index < -0.39 is 0 Å². The minimum Gasteiger partial charge on any atom is -0.383 e. The quantitative estimate of drug-likeness (QED) is 0.814. The van der Waals surface area contributed by atoms with Gasteiger partial charge in [0.25, 0.3) is 5.91 Å². The van der Waals surface area contributed by atoms with Crippen LogP contribution in [0.5, 0.6) is 0 Å². The smallest absolute Gasteiger partial charge is 0.253 e. The van der Waals surface area contributed by atoms with E-state index in [-0.39, 0.29) is 5.91 Å². The number of nitrogens with one attached hydrogen (secondary N) is 2. The first kappa shape index (κ1) is 13.8. The highest BCUT2D eigenvalue weighted by Crippen LogP contribution is 2.13. The molecule has 1 aromatic heterocycles. The molecule has 0 saturated heterocycles. The molecule has 0 spiro atoms. The van der Waals surface area contributed by atoms with Crippen molar-refractivity contribution in [2.45, 2.75) is 19.1 Å². The maximum absolute atomic E-state index is 12.0. The zero-order valence-corrected chi connectivity index (χ0v) is 11.3. The third kappa shape index (κ3) is 4.26. The predicted molar refractivity (Wildman–Crippen MR) is 73.7 cm³/mol. The van der Waals surface area contributed by atoms with Crippen LogP contribution in [-0.4, -0.2) is 35.5 Å². The summed E-state index contributed by atoms with van der Waals surface area (Å²) >= 11 is 1.73. The normalized spacial score (nSPS) is 11.9. The molecule has 0 fully saturated rings. The van der Waals surface area contributed by atoms with Gasteiger partial charge in [-0.25, -0.2) is 0 Å². The summed E-state index contributed by atoms with van der Waals surface area (Å²) < 4.78 is 0. The largest absolute Gasteiger partial charge is 0.383 e. The lowest BCUT2D eigenvalue weighted by atomic mass is 10.2. The maximum atomic E-state index is 12.0. The highest BCUT2D eigenvalue weighted by Gasteiger charge is 2.11. The van der Waals surface area contributed by atoms with Gasteiger partial charge in [0.05, 0.1) is 17.4 Å². The summed E-state index contributed by atoms with van der Waals surface area (Å²) in [5.41, 5.74) is 1.43. The molecule has 0 aliphatic carbocycles. The average Bonchev–Trinajstić information content (AvgIpc) is 2.36. The number of rotatable bonds is 6. The SMILES string of the molecule is CCNc1cnccc1C(=O)NCC(C)SC. The van der Waals surface area contributed by atoms with E-state index in [0.29, 0.717) is 17.4 Å². The van der Waals surface area contributed by atoms with Crippen molar-refractivity contribution < 1.29 is 4.79 Å². The summed E-state index contributed by atoms with van der Waals surface area (Å²) in [6.45, 7) is 5.52. The fraction of sp³-hybridized carbons (Fsp3) is 0.500. The number of aromatic nitrogens is 1. The Bertz CT molecular complexity index is 371. The number of carbonyl (C=O) groups excluding carboxylic acids is 1. The molecular weight excluding hydrogens is 234 g/mol. The van der Waals surface area contributed by atoms with Crippen molar-refractivity contribution in [3.63, 3.8) is 0 Å². The topological polar surface area (TPSA) is 54.0 Å². The van der Waals surface area contributed by atoms with E-state index in [1.54, 1.807) is 30.2 Å². The lowest BCUT2D eigenvalue weighted by Gasteiger charge is -2.12. The first-order valence-electron chi connectivity index (χ1n) is 5.67. The van der Waals surface area contributed by atoms with Crippen LogP contribution in [0.2, 0.25) is 0 Å². The lowest BCUT2D eigenvalue weighted by Crippen LogP contribution is -2.30. The van der Waals surface area contributed by atoms with Crippen LogP contribution in [0.3, 0.4) is 0 Å². The number of hydrogen-bond acceptors (Lipinski definition) is 4. The van der Waals surface area contributed by atoms with Crippen LogP contribution in [-0.2, 0) is 0 Å². The maximum Gasteiger partial charge on any atom is 0.253 e. The van der Waals surface area contributed by atoms with Crippen LogP contribution in [0, 0.1) is 0 Å². The Kier molecular flexibility index (Phi) is 5.83. The van der Waals surface area contributed by atoms with Gasteiger partial charge in [0, 0.05) is 24.5 Å². The van der Waals surface area contributed by atoms with Crippen molar-refractivity contribution in [2.24, 2.45) is 0 Å². The molecule has 1 atom stereocenters. The molecule has 17 heavy (non-hydrogen) atoms. The van der Waals surface area contributed by atoms with Crippen LogP contribution in [0.4, 0.5) is 5.69 Å². The van der Waals surface area contributed by atoms with Gasteiger partial charge in [-0.05, 0) is 19.2 Å². The number of anilines is 1. The van der Waals surface area contributed by atoms with E-state index in [2.05, 4.69) is 22.5 Å². The van der Waals surface area contributed by atoms with Gasteiger partial charge in [0.2, 0.25) is 0 Å². The Morgan fingerprint density at radius 2 is 2.35 bits per heavy atom. The van der Waals surface area contributed by atoms with Gasteiger partial charge in [-0.2, -0.15) is 11.8 Å². The second-order valence-electron chi connectivity index (χ2n) is 3.71. The summed E-state index contributed by atoms with van der Waals surface area (Å²) in [6.07, 6.45) is 5.34. The van der Waals surface area contributed by atoms with Crippen molar-refractivity contribution in [1.29, 1.82) is 0 Å². The van der Waals surface area contributed by atoms with E-state index in [1.165, 1.54) is 0 Å². The van der Waals surface area contributed by atoms with Gasteiger partial charge in [-0.3, -0.25) is 9.78 Å². The highest BCUT2D eigenvalue weighted by atomic mass is 32.2. The number of pyridine rings is 1. The Morgan fingerprint density at radius 1 is 1.59 bits per heavy atom. The third-order valence-corrected chi connectivity index (χ3v) is 3.36. The molecule has 2 N–H and O–H groups in total. The number of hydrogen-bond donors (Lipinski definition) is 2. The van der Waals surface area contributed by atoms with Gasteiger partial charge in [-0.15, -0.1) is 0 Å². The van der Waals surface area contributed by atoms with Crippen molar-refractivity contribution >= 4 is 23.4 Å². The van der Waals surface area contributed by atoms with Crippen LogP contribution < -0.4 is 10.6 Å². The monoisotopic (exact) mass is 253 g/mol. The zero-order chi connectivity index (χ0) is 12.7. The molecule has 1 amide bonds. The molecule has 1 rings (SSSR count). The number of thioether (sulfide) groups is 1. The summed E-state index contributed by atoms with van der Waals surface area (Å²) in [7, 11) is 0. The molecule has 0 radical (unpaired) electrons. The first-order chi connectivity index (χ1) is 8.19. The Morgan fingerprint density at radius 3 is 3.00 bits per heavy atom. The fourth-order valence-corrected chi connectivity index (χ4v) is 1.59. The van der Waals surface area contributed by atoms with Crippen LogP contribution >= 0.6 is 11.8 Å². The second kappa shape index (κ2) is 7.17. The van der Waals surface area contributed by atoms with Gasteiger partial charge in [0.1, 0.15) is 0 Å². The van der Waals surface area contributed by atoms with E-state index in [4.69, 9.17) is 0 Å². The van der Waals surface area contributed by atoms with Crippen molar-refractivity contribution in [2.75, 3.05) is 24.7 Å². The summed E-state index contributed by atoms with van der Waals surface area (Å²) in [5.74, 6) is -0.0516. The first-order valence-corrected chi connectivity index (χ1v) is 6.96. The molecule has 94 valence electrons. The van der Waals surface area contributed by atoms with Gasteiger partial charge in [-0.1, -0.05) is 6.92 Å². The molecule has 0 aliphatic rings. The summed E-state index contributed by atoms with van der Waals surface area (Å²) in [6, 6.07) is 1.73. The lowest BCUT2D eigenvalue weighted by molar-refractivity contribution is 0.0955. The fourth-order valence-electron chi connectivity index (χ4n) is 1.34. The van der Waals surface area contributed by atoms with Gasteiger partial charge < -0.3 is 10.6 Å². The van der Waals surface area contributed by atoms with E-state index in [1.807, 2.05) is 13.2 Å². The van der Waals surface area contributed by atoms with Crippen LogP contribution in [0.25, 0.3) is 0 Å². The van der Waals surface area contributed by atoms with Gasteiger partial charge >= 0.3 is 0 Å². The molecule has 0 aromatic carbocycles. The minimum atomic E-state index is -0.0516. The zero-order valence-electron chi connectivity index (χ0n) is 10.5. The molecular formula is C12H19N3OS. The molecule has 1 aromatic rings. The number of carbonyl (C=O) groups is 1. The molecule has 0 aliphatic heterocycles. The molecule has 5 heteroatoms. The molecule has 1 unspecified atom stereocenters. The van der Waals surface area contributed by atoms with E-state index in [0.717, 1.165) is 12.2 Å². The Balaban J connectivity index is 2.67. The Labute approximate surface area is 107 Å².